The van der Waals surface area contributed by atoms with E-state index in [4.69, 9.17) is 10.5 Å². The maximum atomic E-state index is 5.78. The van der Waals surface area contributed by atoms with Crippen LogP contribution in [-0.4, -0.2) is 33.4 Å². The predicted octanol–water partition coefficient (Wildman–Crippen LogP) is 1.07. The molecule has 1 atom stereocenters. The third-order valence-corrected chi connectivity index (χ3v) is 2.97. The number of aromatic nitrogens is 4. The molecule has 0 saturated carbocycles. The summed E-state index contributed by atoms with van der Waals surface area (Å²) in [5, 5.41) is 11.9. The Morgan fingerprint density at radius 2 is 2.12 bits per heavy atom. The largest absolute Gasteiger partial charge is 0.368 e. The molecule has 0 radical (unpaired) electrons. The summed E-state index contributed by atoms with van der Waals surface area (Å²) in [4.78, 5) is 0. The molecule has 0 bridgehead atoms. The van der Waals surface area contributed by atoms with E-state index in [-0.39, 0.29) is 0 Å². The summed E-state index contributed by atoms with van der Waals surface area (Å²) in [5.41, 5.74) is 5.08. The van der Waals surface area contributed by atoms with Gasteiger partial charge in [0.05, 0.1) is 0 Å². The van der Waals surface area contributed by atoms with E-state index in [9.17, 15) is 0 Å². The highest BCUT2D eigenvalue weighted by Crippen LogP contribution is 2.26. The molecular weight excluding hydrogens is 218 g/mol. The van der Waals surface area contributed by atoms with Crippen LogP contribution in [-0.2, 0) is 16.9 Å². The van der Waals surface area contributed by atoms with Gasteiger partial charge in [0.2, 0.25) is 0 Å². The molecule has 98 valence electrons. The lowest BCUT2D eigenvalue weighted by molar-refractivity contribution is -0.0423. The van der Waals surface area contributed by atoms with Crippen molar-refractivity contribution in [1.82, 2.24) is 20.2 Å². The Kier molecular flexibility index (Phi) is 5.50. The second-order valence-corrected chi connectivity index (χ2v) is 4.24. The van der Waals surface area contributed by atoms with Crippen molar-refractivity contribution in [1.29, 1.82) is 0 Å². The van der Waals surface area contributed by atoms with Crippen molar-refractivity contribution in [2.45, 2.75) is 52.2 Å². The molecule has 1 heterocycles. The Morgan fingerprint density at radius 1 is 1.35 bits per heavy atom. The van der Waals surface area contributed by atoms with Crippen LogP contribution in [0.1, 0.15) is 45.9 Å². The summed E-state index contributed by atoms with van der Waals surface area (Å²) < 4.78 is 7.61. The molecule has 1 aromatic heterocycles. The van der Waals surface area contributed by atoms with E-state index in [1.165, 1.54) is 0 Å². The van der Waals surface area contributed by atoms with Gasteiger partial charge in [-0.15, -0.1) is 5.10 Å². The van der Waals surface area contributed by atoms with Gasteiger partial charge in [-0.25, -0.2) is 4.68 Å². The van der Waals surface area contributed by atoms with E-state index in [1.807, 2.05) is 18.5 Å². The van der Waals surface area contributed by atoms with E-state index in [0.717, 1.165) is 31.6 Å². The highest BCUT2D eigenvalue weighted by atomic mass is 16.5. The van der Waals surface area contributed by atoms with Crippen LogP contribution in [0.5, 0.6) is 0 Å². The third-order valence-electron chi connectivity index (χ3n) is 2.97. The number of rotatable bonds is 8. The monoisotopic (exact) mass is 241 g/mol. The molecule has 2 N–H and O–H groups in total. The average Bonchev–Trinajstić information content (AvgIpc) is 2.78. The van der Waals surface area contributed by atoms with Crippen LogP contribution in [0.15, 0.2) is 0 Å². The van der Waals surface area contributed by atoms with Gasteiger partial charge in [0.25, 0.3) is 0 Å². The standard InChI is InChI=1S/C11H23N5O/c1-4-11(3,17-5-2)10-13-14-15-16(10)9-7-6-8-12/h4-9,12H2,1-3H3. The maximum absolute atomic E-state index is 5.78. The fourth-order valence-electron chi connectivity index (χ4n) is 1.78. The first-order valence-electron chi connectivity index (χ1n) is 6.28. The number of nitrogens with zero attached hydrogens (tertiary/aromatic N) is 4. The molecule has 1 rings (SSSR count). The number of aryl methyl sites for hydroxylation is 1. The van der Waals surface area contributed by atoms with E-state index in [1.54, 1.807) is 0 Å². The lowest BCUT2D eigenvalue weighted by Crippen LogP contribution is -2.30. The highest BCUT2D eigenvalue weighted by molar-refractivity contribution is 4.97. The van der Waals surface area contributed by atoms with E-state index in [0.29, 0.717) is 13.2 Å². The molecule has 17 heavy (non-hydrogen) atoms. The number of hydrogen-bond acceptors (Lipinski definition) is 5. The van der Waals surface area contributed by atoms with E-state index < -0.39 is 5.60 Å². The summed E-state index contributed by atoms with van der Waals surface area (Å²) in [6, 6.07) is 0. The van der Waals surface area contributed by atoms with Crippen LogP contribution in [0.4, 0.5) is 0 Å². The van der Waals surface area contributed by atoms with Gasteiger partial charge < -0.3 is 10.5 Å². The number of tetrazole rings is 1. The van der Waals surface area contributed by atoms with Crippen LogP contribution >= 0.6 is 0 Å². The first-order valence-corrected chi connectivity index (χ1v) is 6.28. The zero-order valence-corrected chi connectivity index (χ0v) is 11.0. The molecule has 0 spiro atoms. The number of hydrogen-bond donors (Lipinski definition) is 1. The Morgan fingerprint density at radius 3 is 2.71 bits per heavy atom. The van der Waals surface area contributed by atoms with Crippen LogP contribution in [0.3, 0.4) is 0 Å². The Hall–Kier alpha value is -1.01. The predicted molar refractivity (Wildman–Crippen MR) is 65.4 cm³/mol. The highest BCUT2D eigenvalue weighted by Gasteiger charge is 2.31. The van der Waals surface area contributed by atoms with Crippen LogP contribution in [0.25, 0.3) is 0 Å². The molecular formula is C11H23N5O. The Labute approximate surface area is 103 Å². The van der Waals surface area contributed by atoms with E-state index >= 15 is 0 Å². The van der Waals surface area contributed by atoms with Gasteiger partial charge in [0.15, 0.2) is 5.82 Å². The molecule has 1 unspecified atom stereocenters. The molecule has 0 amide bonds. The van der Waals surface area contributed by atoms with Gasteiger partial charge >= 0.3 is 0 Å². The van der Waals surface area contributed by atoms with Crippen molar-refractivity contribution in [3.05, 3.63) is 5.82 Å². The normalized spacial score (nSPS) is 14.8. The Bertz CT molecular complexity index is 327. The maximum Gasteiger partial charge on any atom is 0.183 e. The average molecular weight is 241 g/mol. The van der Waals surface area contributed by atoms with Gasteiger partial charge in [-0.05, 0) is 50.1 Å². The van der Waals surface area contributed by atoms with Crippen molar-refractivity contribution in [2.24, 2.45) is 5.73 Å². The van der Waals surface area contributed by atoms with Crippen molar-refractivity contribution >= 4 is 0 Å². The molecule has 0 saturated heterocycles. The van der Waals surface area contributed by atoms with Crippen LogP contribution < -0.4 is 5.73 Å². The summed E-state index contributed by atoms with van der Waals surface area (Å²) >= 11 is 0. The molecule has 0 aliphatic heterocycles. The van der Waals surface area contributed by atoms with Crippen molar-refractivity contribution in [2.75, 3.05) is 13.2 Å². The molecule has 0 aliphatic carbocycles. The zero-order valence-electron chi connectivity index (χ0n) is 11.0. The van der Waals surface area contributed by atoms with Crippen molar-refractivity contribution < 1.29 is 4.74 Å². The summed E-state index contributed by atoms with van der Waals surface area (Å²) in [5.74, 6) is 0.805. The first-order chi connectivity index (χ1) is 8.18. The number of unbranched alkanes of at least 4 members (excludes halogenated alkanes) is 1. The van der Waals surface area contributed by atoms with Crippen molar-refractivity contribution in [3.8, 4) is 0 Å². The van der Waals surface area contributed by atoms with Gasteiger partial charge in [-0.3, -0.25) is 0 Å². The second-order valence-electron chi connectivity index (χ2n) is 4.24. The fourth-order valence-corrected chi connectivity index (χ4v) is 1.78. The van der Waals surface area contributed by atoms with Gasteiger partial charge in [0.1, 0.15) is 5.60 Å². The van der Waals surface area contributed by atoms with Gasteiger partial charge in [0, 0.05) is 13.2 Å². The minimum atomic E-state index is -0.402. The smallest absolute Gasteiger partial charge is 0.183 e. The molecule has 6 nitrogen and oxygen atoms in total. The molecule has 0 aliphatic rings. The summed E-state index contributed by atoms with van der Waals surface area (Å²) in [6.07, 6.45) is 2.81. The lowest BCUT2D eigenvalue weighted by Gasteiger charge is -2.26. The van der Waals surface area contributed by atoms with Gasteiger partial charge in [-0.2, -0.15) is 0 Å². The lowest BCUT2D eigenvalue weighted by atomic mass is 10.0. The number of nitrogens with two attached hydrogens (primary N) is 1. The zero-order chi connectivity index (χ0) is 12.7. The Balaban J connectivity index is 2.78. The quantitative estimate of drug-likeness (QED) is 0.689. The first kappa shape index (κ1) is 14.1. The third kappa shape index (κ3) is 3.47. The molecule has 0 fully saturated rings. The number of ether oxygens (including phenoxy) is 1. The summed E-state index contributed by atoms with van der Waals surface area (Å²) in [6.45, 7) is 8.24. The van der Waals surface area contributed by atoms with Crippen molar-refractivity contribution in [3.63, 3.8) is 0 Å². The van der Waals surface area contributed by atoms with Crippen LogP contribution in [0, 0.1) is 0 Å². The molecule has 0 aromatic carbocycles. The molecule has 6 heteroatoms. The second kappa shape index (κ2) is 6.66. The molecule has 1 aromatic rings. The fraction of sp³-hybridized carbons (Fsp3) is 0.909. The SMILES string of the molecule is CCOC(C)(CC)c1nnnn1CCCCN. The minimum Gasteiger partial charge on any atom is -0.368 e. The van der Waals surface area contributed by atoms with Crippen LogP contribution in [0.2, 0.25) is 0 Å². The van der Waals surface area contributed by atoms with E-state index in [2.05, 4.69) is 22.4 Å². The van der Waals surface area contributed by atoms with Gasteiger partial charge in [-0.1, -0.05) is 6.92 Å². The topological polar surface area (TPSA) is 78.9 Å². The minimum absolute atomic E-state index is 0.402. The summed E-state index contributed by atoms with van der Waals surface area (Å²) in [7, 11) is 0.